The minimum Gasteiger partial charge on any atom is -0.439 e. The number of rotatable bonds is 3. The summed E-state index contributed by atoms with van der Waals surface area (Å²) in [6.45, 7) is 0. The SMILES string of the molecule is N=C(N)c1ccnc(Oc2ccc3c(c2)CCC3)c1. The summed E-state index contributed by atoms with van der Waals surface area (Å²) in [5.41, 5.74) is 8.84. The van der Waals surface area contributed by atoms with Crippen LogP contribution in [-0.4, -0.2) is 10.8 Å². The Morgan fingerprint density at radius 3 is 2.84 bits per heavy atom. The number of nitrogens with one attached hydrogen (secondary N) is 1. The maximum absolute atomic E-state index is 7.41. The Balaban J connectivity index is 1.85. The largest absolute Gasteiger partial charge is 0.439 e. The minimum absolute atomic E-state index is 0.0150. The number of ether oxygens (including phenoxy) is 1. The van der Waals surface area contributed by atoms with Crippen molar-refractivity contribution < 1.29 is 4.74 Å². The summed E-state index contributed by atoms with van der Waals surface area (Å²) in [6.07, 6.45) is 5.09. The van der Waals surface area contributed by atoms with Crippen molar-refractivity contribution in [3.05, 3.63) is 53.2 Å². The van der Waals surface area contributed by atoms with Crippen LogP contribution in [0.4, 0.5) is 0 Å². The van der Waals surface area contributed by atoms with Crippen molar-refractivity contribution in [2.75, 3.05) is 0 Å². The maximum Gasteiger partial charge on any atom is 0.219 e. The summed E-state index contributed by atoms with van der Waals surface area (Å²) >= 11 is 0. The lowest BCUT2D eigenvalue weighted by atomic mass is 10.1. The zero-order valence-corrected chi connectivity index (χ0v) is 10.5. The second kappa shape index (κ2) is 4.72. The smallest absolute Gasteiger partial charge is 0.219 e. The highest BCUT2D eigenvalue weighted by atomic mass is 16.5. The second-order valence-electron chi connectivity index (χ2n) is 4.68. The lowest BCUT2D eigenvalue weighted by Gasteiger charge is -2.07. The molecule has 1 heterocycles. The van der Waals surface area contributed by atoms with E-state index in [1.807, 2.05) is 6.07 Å². The number of hydrogen-bond acceptors (Lipinski definition) is 3. The van der Waals surface area contributed by atoms with Crippen LogP contribution in [0.15, 0.2) is 36.5 Å². The van der Waals surface area contributed by atoms with Gasteiger partial charge in [0.25, 0.3) is 0 Å². The molecule has 0 atom stereocenters. The van der Waals surface area contributed by atoms with E-state index in [1.54, 1.807) is 18.3 Å². The molecule has 19 heavy (non-hydrogen) atoms. The van der Waals surface area contributed by atoms with Crippen LogP contribution in [0.25, 0.3) is 0 Å². The van der Waals surface area contributed by atoms with Crippen molar-refractivity contribution in [3.8, 4) is 11.6 Å². The molecule has 3 N–H and O–H groups in total. The van der Waals surface area contributed by atoms with Crippen LogP contribution in [0.3, 0.4) is 0 Å². The van der Waals surface area contributed by atoms with Crippen molar-refractivity contribution in [3.63, 3.8) is 0 Å². The first kappa shape index (κ1) is 11.7. The highest BCUT2D eigenvalue weighted by Crippen LogP contribution is 2.28. The van der Waals surface area contributed by atoms with Crippen LogP contribution in [0.1, 0.15) is 23.1 Å². The summed E-state index contributed by atoms with van der Waals surface area (Å²) in [7, 11) is 0. The molecule has 0 radical (unpaired) electrons. The number of hydrogen-bond donors (Lipinski definition) is 2. The molecule has 3 rings (SSSR count). The van der Waals surface area contributed by atoms with Gasteiger partial charge in [0.15, 0.2) is 0 Å². The highest BCUT2D eigenvalue weighted by molar-refractivity contribution is 5.95. The molecule has 0 bridgehead atoms. The summed E-state index contributed by atoms with van der Waals surface area (Å²) < 4.78 is 5.73. The number of nitrogen functional groups attached to an aromatic ring is 1. The average Bonchev–Trinajstić information content (AvgIpc) is 2.86. The monoisotopic (exact) mass is 253 g/mol. The molecule has 0 saturated heterocycles. The van der Waals surface area contributed by atoms with Crippen LogP contribution in [0.2, 0.25) is 0 Å². The van der Waals surface area contributed by atoms with Crippen molar-refractivity contribution in [2.45, 2.75) is 19.3 Å². The van der Waals surface area contributed by atoms with Crippen LogP contribution in [0, 0.1) is 5.41 Å². The van der Waals surface area contributed by atoms with Gasteiger partial charge in [0.05, 0.1) is 0 Å². The van der Waals surface area contributed by atoms with E-state index in [-0.39, 0.29) is 5.84 Å². The summed E-state index contributed by atoms with van der Waals surface area (Å²) in [6, 6.07) is 9.52. The quantitative estimate of drug-likeness (QED) is 0.652. The molecule has 0 saturated carbocycles. The topological polar surface area (TPSA) is 72.0 Å². The summed E-state index contributed by atoms with van der Waals surface area (Å²) in [5.74, 6) is 1.26. The molecular formula is C15H15N3O. The van der Waals surface area contributed by atoms with Gasteiger partial charge in [-0.25, -0.2) is 4.98 Å². The second-order valence-corrected chi connectivity index (χ2v) is 4.68. The number of aryl methyl sites for hydroxylation is 2. The Morgan fingerprint density at radius 2 is 2.00 bits per heavy atom. The van der Waals surface area contributed by atoms with Gasteiger partial charge >= 0.3 is 0 Å². The lowest BCUT2D eigenvalue weighted by Crippen LogP contribution is -2.11. The molecule has 0 unspecified atom stereocenters. The van der Waals surface area contributed by atoms with E-state index >= 15 is 0 Å². The van der Waals surface area contributed by atoms with Crippen molar-refractivity contribution in [1.82, 2.24) is 4.98 Å². The molecule has 1 aromatic carbocycles. The van der Waals surface area contributed by atoms with Gasteiger partial charge in [0.1, 0.15) is 11.6 Å². The summed E-state index contributed by atoms with van der Waals surface area (Å²) in [4.78, 5) is 4.14. The van der Waals surface area contributed by atoms with E-state index < -0.39 is 0 Å². The number of nitrogens with zero attached hydrogens (tertiary/aromatic N) is 1. The van der Waals surface area contributed by atoms with Gasteiger partial charge in [-0.15, -0.1) is 0 Å². The Labute approximate surface area is 111 Å². The van der Waals surface area contributed by atoms with Crippen LogP contribution < -0.4 is 10.5 Å². The third-order valence-electron chi connectivity index (χ3n) is 3.34. The molecule has 1 aliphatic carbocycles. The first-order chi connectivity index (χ1) is 9.22. The fraction of sp³-hybridized carbons (Fsp3) is 0.200. The lowest BCUT2D eigenvalue weighted by molar-refractivity contribution is 0.462. The Hall–Kier alpha value is -2.36. The zero-order chi connectivity index (χ0) is 13.2. The Morgan fingerprint density at radius 1 is 1.16 bits per heavy atom. The summed E-state index contributed by atoms with van der Waals surface area (Å²) in [5, 5.41) is 7.41. The Bertz CT molecular complexity index is 637. The van der Waals surface area contributed by atoms with E-state index in [2.05, 4.69) is 17.1 Å². The molecule has 2 aromatic rings. The number of fused-ring (bicyclic) bond motifs is 1. The molecule has 0 spiro atoms. The Kier molecular flexibility index (Phi) is 2.91. The first-order valence-electron chi connectivity index (χ1n) is 6.32. The molecule has 4 heteroatoms. The number of amidine groups is 1. The first-order valence-corrected chi connectivity index (χ1v) is 6.32. The van der Waals surface area contributed by atoms with Gasteiger partial charge in [0.2, 0.25) is 5.88 Å². The van der Waals surface area contributed by atoms with Crippen LogP contribution in [0.5, 0.6) is 11.6 Å². The fourth-order valence-electron chi connectivity index (χ4n) is 2.37. The van der Waals surface area contributed by atoms with E-state index in [0.29, 0.717) is 11.4 Å². The predicted octanol–water partition coefficient (Wildman–Crippen LogP) is 2.65. The predicted molar refractivity (Wildman–Crippen MR) is 73.8 cm³/mol. The van der Waals surface area contributed by atoms with Crippen LogP contribution >= 0.6 is 0 Å². The normalized spacial score (nSPS) is 13.1. The zero-order valence-electron chi connectivity index (χ0n) is 10.5. The standard InChI is InChI=1S/C15H15N3O/c16-15(17)12-6-7-18-14(9-12)19-13-5-4-10-2-1-3-11(10)8-13/h4-9H,1-3H2,(H3,16,17). The van der Waals surface area contributed by atoms with Gasteiger partial charge < -0.3 is 10.5 Å². The number of pyridine rings is 1. The number of aromatic nitrogens is 1. The molecular weight excluding hydrogens is 238 g/mol. The molecule has 0 fully saturated rings. The van der Waals surface area contributed by atoms with E-state index in [1.165, 1.54) is 17.5 Å². The number of benzene rings is 1. The molecule has 1 aliphatic rings. The highest BCUT2D eigenvalue weighted by Gasteiger charge is 2.11. The molecule has 96 valence electrons. The van der Waals surface area contributed by atoms with Gasteiger partial charge in [-0.1, -0.05) is 6.07 Å². The third kappa shape index (κ3) is 2.42. The average molecular weight is 253 g/mol. The van der Waals surface area contributed by atoms with Gasteiger partial charge in [0, 0.05) is 17.8 Å². The van der Waals surface area contributed by atoms with Gasteiger partial charge in [-0.3, -0.25) is 5.41 Å². The van der Waals surface area contributed by atoms with Crippen molar-refractivity contribution >= 4 is 5.84 Å². The molecule has 1 aromatic heterocycles. The molecule has 4 nitrogen and oxygen atoms in total. The van der Waals surface area contributed by atoms with E-state index in [4.69, 9.17) is 15.9 Å². The molecule has 0 amide bonds. The molecule has 0 aliphatic heterocycles. The van der Waals surface area contributed by atoms with Crippen molar-refractivity contribution in [2.24, 2.45) is 5.73 Å². The van der Waals surface area contributed by atoms with Gasteiger partial charge in [-0.2, -0.15) is 0 Å². The van der Waals surface area contributed by atoms with E-state index in [9.17, 15) is 0 Å². The third-order valence-corrected chi connectivity index (χ3v) is 3.34. The fourth-order valence-corrected chi connectivity index (χ4v) is 2.37. The van der Waals surface area contributed by atoms with Gasteiger partial charge in [-0.05, 0) is 48.6 Å². The number of nitrogens with two attached hydrogens (primary N) is 1. The van der Waals surface area contributed by atoms with Crippen LogP contribution in [-0.2, 0) is 12.8 Å². The van der Waals surface area contributed by atoms with Crippen molar-refractivity contribution in [1.29, 1.82) is 5.41 Å². The van der Waals surface area contributed by atoms with E-state index in [0.717, 1.165) is 18.6 Å². The maximum atomic E-state index is 7.41. The minimum atomic E-state index is 0.0150.